The molecule has 2 aromatic rings. The molecule has 130 valence electrons. The number of anilines is 2. The predicted octanol–water partition coefficient (Wildman–Crippen LogP) is 1.87. The second-order valence-electron chi connectivity index (χ2n) is 5.87. The lowest BCUT2D eigenvalue weighted by Crippen LogP contribution is -2.13. The summed E-state index contributed by atoms with van der Waals surface area (Å²) in [6.45, 7) is 2.45. The Morgan fingerprint density at radius 2 is 2.08 bits per heavy atom. The number of hydrogen-bond donors (Lipinski definition) is 3. The minimum atomic E-state index is 0.0220. The molecular formula is C18H21N5O2. The van der Waals surface area contributed by atoms with Crippen molar-refractivity contribution in [3.63, 3.8) is 0 Å². The Bertz CT molecular complexity index is 736. The van der Waals surface area contributed by atoms with Crippen molar-refractivity contribution in [2.24, 2.45) is 0 Å². The van der Waals surface area contributed by atoms with Crippen molar-refractivity contribution in [3.8, 4) is 6.07 Å². The topological polar surface area (TPSA) is 103 Å². The van der Waals surface area contributed by atoms with E-state index in [1.54, 1.807) is 12.1 Å². The zero-order chi connectivity index (χ0) is 17.5. The van der Waals surface area contributed by atoms with Gasteiger partial charge in [-0.05, 0) is 24.1 Å². The number of nitrogens with one attached hydrogen (secondary N) is 2. The molecule has 1 atom stereocenters. The summed E-state index contributed by atoms with van der Waals surface area (Å²) in [6.07, 6.45) is 0.950. The molecule has 0 saturated carbocycles. The molecule has 7 nitrogen and oxygen atoms in total. The minimum Gasteiger partial charge on any atom is -0.395 e. The smallest absolute Gasteiger partial charge is 0.224 e. The van der Waals surface area contributed by atoms with Gasteiger partial charge >= 0.3 is 0 Å². The first-order chi connectivity index (χ1) is 12.3. The van der Waals surface area contributed by atoms with Crippen LogP contribution in [0.5, 0.6) is 0 Å². The van der Waals surface area contributed by atoms with Gasteiger partial charge in [0.05, 0.1) is 30.5 Å². The maximum absolute atomic E-state index is 9.00. The van der Waals surface area contributed by atoms with E-state index in [4.69, 9.17) is 15.1 Å². The van der Waals surface area contributed by atoms with Gasteiger partial charge in [0.1, 0.15) is 5.82 Å². The van der Waals surface area contributed by atoms with Gasteiger partial charge in [0, 0.05) is 31.7 Å². The van der Waals surface area contributed by atoms with Gasteiger partial charge in [-0.25, -0.2) is 4.98 Å². The Morgan fingerprint density at radius 1 is 1.24 bits per heavy atom. The highest BCUT2D eigenvalue weighted by Gasteiger charge is 2.20. The minimum absolute atomic E-state index is 0.0220. The molecule has 2 heterocycles. The van der Waals surface area contributed by atoms with Gasteiger partial charge in [-0.2, -0.15) is 10.2 Å². The van der Waals surface area contributed by atoms with E-state index in [9.17, 15) is 0 Å². The van der Waals surface area contributed by atoms with Crippen LogP contribution in [0, 0.1) is 11.3 Å². The largest absolute Gasteiger partial charge is 0.395 e. The molecule has 0 unspecified atom stereocenters. The maximum atomic E-state index is 9.00. The van der Waals surface area contributed by atoms with Crippen molar-refractivity contribution in [2.45, 2.75) is 18.9 Å². The summed E-state index contributed by atoms with van der Waals surface area (Å²) < 4.78 is 5.46. The summed E-state index contributed by atoms with van der Waals surface area (Å²) in [5.41, 5.74) is 2.65. The average molecular weight is 339 g/mol. The van der Waals surface area contributed by atoms with E-state index >= 15 is 0 Å². The average Bonchev–Trinajstić information content (AvgIpc) is 3.20. The van der Waals surface area contributed by atoms with Gasteiger partial charge in [-0.3, -0.25) is 0 Å². The van der Waals surface area contributed by atoms with Crippen LogP contribution in [0.3, 0.4) is 0 Å². The maximum Gasteiger partial charge on any atom is 0.224 e. The lowest BCUT2D eigenvalue weighted by molar-refractivity contribution is 0.193. The van der Waals surface area contributed by atoms with Crippen molar-refractivity contribution >= 4 is 11.8 Å². The third-order valence-electron chi connectivity index (χ3n) is 4.05. The van der Waals surface area contributed by atoms with E-state index < -0.39 is 0 Å². The number of aromatic nitrogens is 2. The van der Waals surface area contributed by atoms with E-state index in [1.165, 1.54) is 0 Å². The van der Waals surface area contributed by atoms with Crippen LogP contribution >= 0.6 is 0 Å². The Hall–Kier alpha value is -2.69. The van der Waals surface area contributed by atoms with E-state index in [2.05, 4.69) is 26.7 Å². The van der Waals surface area contributed by atoms with Crippen molar-refractivity contribution in [1.29, 1.82) is 5.26 Å². The van der Waals surface area contributed by atoms with E-state index in [1.807, 2.05) is 18.2 Å². The Labute approximate surface area is 146 Å². The van der Waals surface area contributed by atoms with E-state index in [0.29, 0.717) is 31.2 Å². The molecule has 0 bridgehead atoms. The van der Waals surface area contributed by atoms with Gasteiger partial charge in [0.25, 0.3) is 0 Å². The molecule has 0 radical (unpaired) electrons. The fraction of sp³-hybridized carbons (Fsp3) is 0.389. The second kappa shape index (κ2) is 8.42. The summed E-state index contributed by atoms with van der Waals surface area (Å²) in [5, 5.41) is 24.2. The molecule has 25 heavy (non-hydrogen) atoms. The molecule has 3 rings (SSSR count). The fourth-order valence-electron chi connectivity index (χ4n) is 2.67. The predicted molar refractivity (Wildman–Crippen MR) is 94.3 cm³/mol. The van der Waals surface area contributed by atoms with Crippen molar-refractivity contribution in [2.75, 3.05) is 37.0 Å². The van der Waals surface area contributed by atoms with Crippen LogP contribution in [-0.2, 0) is 11.3 Å². The van der Waals surface area contributed by atoms with Crippen molar-refractivity contribution < 1.29 is 9.84 Å². The van der Waals surface area contributed by atoms with Crippen molar-refractivity contribution in [3.05, 3.63) is 47.2 Å². The summed E-state index contributed by atoms with van der Waals surface area (Å²) in [5.74, 6) is 1.50. The van der Waals surface area contributed by atoms with Gasteiger partial charge < -0.3 is 20.5 Å². The molecule has 1 aliphatic rings. The summed E-state index contributed by atoms with van der Waals surface area (Å²) in [7, 11) is 0. The third-order valence-corrected chi connectivity index (χ3v) is 4.05. The first-order valence-electron chi connectivity index (χ1n) is 8.33. The Balaban J connectivity index is 1.73. The van der Waals surface area contributed by atoms with Crippen LogP contribution in [0.15, 0.2) is 30.3 Å². The molecule has 1 aliphatic heterocycles. The first kappa shape index (κ1) is 17.1. The quantitative estimate of drug-likeness (QED) is 0.707. The van der Waals surface area contributed by atoms with Crippen molar-refractivity contribution in [1.82, 2.24) is 9.97 Å². The number of nitriles is 1. The first-order valence-corrected chi connectivity index (χ1v) is 8.33. The van der Waals surface area contributed by atoms with Gasteiger partial charge in [0.2, 0.25) is 5.95 Å². The Kier molecular flexibility index (Phi) is 5.77. The molecule has 1 aromatic carbocycles. The third kappa shape index (κ3) is 4.66. The van der Waals surface area contributed by atoms with Gasteiger partial charge in [-0.15, -0.1) is 0 Å². The highest BCUT2D eigenvalue weighted by molar-refractivity contribution is 5.44. The summed E-state index contributed by atoms with van der Waals surface area (Å²) in [6, 6.07) is 11.5. The second-order valence-corrected chi connectivity index (χ2v) is 5.87. The molecule has 7 heteroatoms. The lowest BCUT2D eigenvalue weighted by Gasteiger charge is -2.13. The van der Waals surface area contributed by atoms with Gasteiger partial charge in [-0.1, -0.05) is 12.1 Å². The molecule has 1 saturated heterocycles. The summed E-state index contributed by atoms with van der Waals surface area (Å²) >= 11 is 0. The SMILES string of the molecule is N#Cc1ccc(CNc2cc([C@H]3CCOC3)nc(NCCO)n2)cc1. The molecule has 0 aliphatic carbocycles. The molecule has 0 spiro atoms. The fourth-order valence-corrected chi connectivity index (χ4v) is 2.67. The molecule has 3 N–H and O–H groups in total. The number of rotatable bonds is 7. The lowest BCUT2D eigenvalue weighted by atomic mass is 10.0. The summed E-state index contributed by atoms with van der Waals surface area (Å²) in [4.78, 5) is 8.99. The molecular weight excluding hydrogens is 318 g/mol. The van der Waals surface area contributed by atoms with Crippen LogP contribution in [-0.4, -0.2) is 41.4 Å². The zero-order valence-electron chi connectivity index (χ0n) is 13.9. The molecule has 0 amide bonds. The standard InChI is InChI=1S/C18H21N5O2/c19-10-13-1-3-14(4-2-13)11-21-17-9-16(15-5-8-25-12-15)22-18(23-17)20-6-7-24/h1-4,9,15,24H,5-8,11-12H2,(H2,20,21,22,23)/t15-/m0/s1. The zero-order valence-corrected chi connectivity index (χ0v) is 13.9. The van der Waals surface area contributed by atoms with E-state index in [0.717, 1.165) is 30.1 Å². The van der Waals surface area contributed by atoms with Crippen LogP contribution in [0.2, 0.25) is 0 Å². The van der Waals surface area contributed by atoms with Crippen LogP contribution < -0.4 is 10.6 Å². The molecule has 1 fully saturated rings. The number of aliphatic hydroxyl groups excluding tert-OH is 1. The highest BCUT2D eigenvalue weighted by Crippen LogP contribution is 2.26. The number of ether oxygens (including phenoxy) is 1. The molecule has 1 aromatic heterocycles. The number of nitrogens with zero attached hydrogens (tertiary/aromatic N) is 3. The van der Waals surface area contributed by atoms with Crippen LogP contribution in [0.1, 0.15) is 29.2 Å². The number of aliphatic hydroxyl groups is 1. The Morgan fingerprint density at radius 3 is 2.76 bits per heavy atom. The van der Waals surface area contributed by atoms with Gasteiger partial charge in [0.15, 0.2) is 0 Å². The number of benzene rings is 1. The highest BCUT2D eigenvalue weighted by atomic mass is 16.5. The van der Waals surface area contributed by atoms with Crippen LogP contribution in [0.4, 0.5) is 11.8 Å². The van der Waals surface area contributed by atoms with Crippen LogP contribution in [0.25, 0.3) is 0 Å². The number of hydrogen-bond acceptors (Lipinski definition) is 7. The van der Waals surface area contributed by atoms with E-state index in [-0.39, 0.29) is 12.5 Å². The monoisotopic (exact) mass is 339 g/mol. The normalized spacial score (nSPS) is 16.4.